The van der Waals surface area contributed by atoms with Crippen LogP contribution < -0.4 is 0 Å². The van der Waals surface area contributed by atoms with E-state index in [0.29, 0.717) is 24.2 Å². The van der Waals surface area contributed by atoms with Gasteiger partial charge < -0.3 is 10.0 Å². The molecule has 1 aliphatic rings. The van der Waals surface area contributed by atoms with Gasteiger partial charge in [-0.25, -0.2) is 14.5 Å². The van der Waals surface area contributed by atoms with Crippen LogP contribution in [0.2, 0.25) is 0 Å². The Kier molecular flexibility index (Phi) is 5.21. The summed E-state index contributed by atoms with van der Waals surface area (Å²) in [6, 6.07) is 1.05. The number of carboxylic acids is 1. The minimum Gasteiger partial charge on any atom is -0.480 e. The van der Waals surface area contributed by atoms with Crippen molar-refractivity contribution < 1.29 is 14.7 Å². The van der Waals surface area contributed by atoms with Crippen molar-refractivity contribution in [1.29, 1.82) is 0 Å². The number of carbonyl (C=O) groups is 2. The van der Waals surface area contributed by atoms with Crippen LogP contribution in [0.3, 0.4) is 0 Å². The molecular weight excluding hydrogens is 356 g/mol. The first kappa shape index (κ1) is 20.3. The van der Waals surface area contributed by atoms with Gasteiger partial charge in [-0.1, -0.05) is 13.8 Å². The molecule has 3 heterocycles. The molecular formula is C21H30N4O3. The van der Waals surface area contributed by atoms with Crippen molar-refractivity contribution in [3.8, 4) is 0 Å². The van der Waals surface area contributed by atoms with Crippen LogP contribution in [-0.2, 0) is 10.3 Å². The number of aromatic nitrogens is 3. The lowest BCUT2D eigenvalue weighted by Crippen LogP contribution is -2.48. The maximum atomic E-state index is 13.5. The lowest BCUT2D eigenvalue weighted by molar-refractivity contribution is -0.143. The number of hydrogen-bond acceptors (Lipinski definition) is 4. The van der Waals surface area contributed by atoms with Gasteiger partial charge in [-0.3, -0.25) is 4.79 Å². The molecule has 1 N–H and O–H groups in total. The molecule has 1 saturated heterocycles. The van der Waals surface area contributed by atoms with Gasteiger partial charge in [0.05, 0.1) is 22.2 Å². The van der Waals surface area contributed by atoms with E-state index in [9.17, 15) is 14.7 Å². The highest BCUT2D eigenvalue weighted by Crippen LogP contribution is 2.31. The summed E-state index contributed by atoms with van der Waals surface area (Å²) in [7, 11) is 0. The first-order valence-corrected chi connectivity index (χ1v) is 9.97. The molecule has 2 aromatic rings. The molecule has 2 aromatic heterocycles. The van der Waals surface area contributed by atoms with Gasteiger partial charge in [-0.2, -0.15) is 5.10 Å². The number of piperidine rings is 1. The van der Waals surface area contributed by atoms with Crippen LogP contribution in [-0.4, -0.2) is 49.2 Å². The van der Waals surface area contributed by atoms with Crippen LogP contribution in [0.1, 0.15) is 81.5 Å². The number of hydrogen-bond donors (Lipinski definition) is 1. The number of amides is 1. The van der Waals surface area contributed by atoms with Crippen LogP contribution in [0, 0.1) is 6.92 Å². The second kappa shape index (κ2) is 7.18. The van der Waals surface area contributed by atoms with Crippen molar-refractivity contribution in [2.24, 2.45) is 0 Å². The summed E-state index contributed by atoms with van der Waals surface area (Å²) in [5.41, 5.74) is 2.45. The molecule has 7 nitrogen and oxygen atoms in total. The molecule has 3 rings (SSSR count). The molecule has 0 radical (unpaired) electrons. The van der Waals surface area contributed by atoms with E-state index in [1.54, 1.807) is 0 Å². The monoisotopic (exact) mass is 386 g/mol. The quantitative estimate of drug-likeness (QED) is 0.869. The van der Waals surface area contributed by atoms with E-state index in [1.165, 1.54) is 4.90 Å². The molecule has 1 atom stereocenters. The van der Waals surface area contributed by atoms with Gasteiger partial charge in [0, 0.05) is 12.2 Å². The molecule has 0 aliphatic carbocycles. The maximum absolute atomic E-state index is 13.5. The third kappa shape index (κ3) is 3.50. The molecule has 0 aromatic carbocycles. The fourth-order valence-corrected chi connectivity index (χ4v) is 3.83. The zero-order valence-corrected chi connectivity index (χ0v) is 17.6. The number of aryl methyl sites for hydroxylation is 1. The van der Waals surface area contributed by atoms with E-state index in [0.717, 1.165) is 29.6 Å². The third-order valence-corrected chi connectivity index (χ3v) is 5.34. The van der Waals surface area contributed by atoms with Crippen molar-refractivity contribution in [1.82, 2.24) is 19.7 Å². The Balaban J connectivity index is 2.23. The Morgan fingerprint density at radius 2 is 1.93 bits per heavy atom. The number of rotatable bonds is 3. The van der Waals surface area contributed by atoms with Crippen molar-refractivity contribution in [3.63, 3.8) is 0 Å². The van der Waals surface area contributed by atoms with E-state index in [-0.39, 0.29) is 17.4 Å². The van der Waals surface area contributed by atoms with Gasteiger partial charge in [0.1, 0.15) is 6.04 Å². The van der Waals surface area contributed by atoms with Crippen LogP contribution in [0.4, 0.5) is 0 Å². The first-order valence-electron chi connectivity index (χ1n) is 9.97. The maximum Gasteiger partial charge on any atom is 0.326 e. The number of fused-ring (bicyclic) bond motifs is 1. The predicted octanol–water partition coefficient (Wildman–Crippen LogP) is 3.70. The Hall–Kier alpha value is -2.44. The Morgan fingerprint density at radius 1 is 1.25 bits per heavy atom. The van der Waals surface area contributed by atoms with Crippen molar-refractivity contribution in [2.75, 3.05) is 6.54 Å². The zero-order valence-electron chi connectivity index (χ0n) is 17.6. The highest BCUT2D eigenvalue weighted by molar-refractivity contribution is 6.07. The minimum absolute atomic E-state index is 0.135. The van der Waals surface area contributed by atoms with Crippen LogP contribution in [0.15, 0.2) is 6.07 Å². The number of carboxylic acid groups (broad SMARTS) is 1. The summed E-state index contributed by atoms with van der Waals surface area (Å²) in [5, 5.41) is 15.0. The summed E-state index contributed by atoms with van der Waals surface area (Å²) >= 11 is 0. The van der Waals surface area contributed by atoms with Gasteiger partial charge in [0.2, 0.25) is 0 Å². The average Bonchev–Trinajstić information content (AvgIpc) is 2.97. The van der Waals surface area contributed by atoms with Gasteiger partial charge >= 0.3 is 5.97 Å². The number of nitrogens with zero attached hydrogens (tertiary/aromatic N) is 4. The standard InChI is InChI=1S/C21H30N4O3/c1-12(2)15-11-14(19(26)24-10-8-7-9-16(24)20(27)28)17-13(3)23-25(18(17)22-15)21(4,5)6/h11-12,16H,7-10H2,1-6H3,(H,27,28). The Labute approximate surface area is 165 Å². The van der Waals surface area contributed by atoms with E-state index >= 15 is 0 Å². The SMILES string of the molecule is Cc1nn(C(C)(C)C)c2nc(C(C)C)cc(C(=O)N3CCCCC3C(=O)O)c12. The molecule has 1 aliphatic heterocycles. The highest BCUT2D eigenvalue weighted by atomic mass is 16.4. The molecule has 0 bridgehead atoms. The summed E-state index contributed by atoms with van der Waals surface area (Å²) in [5.74, 6) is -1.04. The summed E-state index contributed by atoms with van der Waals surface area (Å²) < 4.78 is 1.87. The number of carbonyl (C=O) groups excluding carboxylic acids is 1. The number of pyridine rings is 1. The number of likely N-dealkylation sites (tertiary alicyclic amines) is 1. The predicted molar refractivity (Wildman–Crippen MR) is 108 cm³/mol. The zero-order chi connectivity index (χ0) is 20.8. The minimum atomic E-state index is -0.940. The van der Waals surface area contributed by atoms with Crippen LogP contribution in [0.25, 0.3) is 11.0 Å². The van der Waals surface area contributed by atoms with Gasteiger partial charge in [0.15, 0.2) is 5.65 Å². The summed E-state index contributed by atoms with van der Waals surface area (Å²) in [6.07, 6.45) is 2.14. The molecule has 1 unspecified atom stereocenters. The lowest BCUT2D eigenvalue weighted by atomic mass is 9.98. The highest BCUT2D eigenvalue weighted by Gasteiger charge is 2.34. The molecule has 152 valence electrons. The van der Waals surface area contributed by atoms with Crippen molar-refractivity contribution in [3.05, 3.63) is 23.0 Å². The molecule has 7 heteroatoms. The number of aliphatic carboxylic acids is 1. The molecule has 0 spiro atoms. The third-order valence-electron chi connectivity index (χ3n) is 5.34. The topological polar surface area (TPSA) is 88.3 Å². The van der Waals surface area contributed by atoms with Gasteiger partial charge in [-0.05, 0) is 58.9 Å². The molecule has 1 amide bonds. The fourth-order valence-electron chi connectivity index (χ4n) is 3.83. The average molecular weight is 386 g/mol. The summed E-state index contributed by atoms with van der Waals surface area (Å²) in [4.78, 5) is 31.6. The second-order valence-electron chi connectivity index (χ2n) is 8.96. The van der Waals surface area contributed by atoms with Crippen molar-refractivity contribution >= 4 is 22.9 Å². The Bertz CT molecular complexity index is 924. The molecule has 28 heavy (non-hydrogen) atoms. The Morgan fingerprint density at radius 3 is 2.50 bits per heavy atom. The van der Waals surface area contributed by atoms with E-state index < -0.39 is 12.0 Å². The van der Waals surface area contributed by atoms with Crippen LogP contribution >= 0.6 is 0 Å². The van der Waals surface area contributed by atoms with Gasteiger partial charge in [-0.15, -0.1) is 0 Å². The van der Waals surface area contributed by atoms with E-state index in [4.69, 9.17) is 4.98 Å². The normalized spacial score (nSPS) is 18.1. The fraction of sp³-hybridized carbons (Fsp3) is 0.619. The van der Waals surface area contributed by atoms with Gasteiger partial charge in [0.25, 0.3) is 5.91 Å². The largest absolute Gasteiger partial charge is 0.480 e. The molecule has 0 saturated carbocycles. The second-order valence-corrected chi connectivity index (χ2v) is 8.96. The van der Waals surface area contributed by atoms with E-state index in [2.05, 4.69) is 25.9 Å². The lowest BCUT2D eigenvalue weighted by Gasteiger charge is -2.33. The van der Waals surface area contributed by atoms with E-state index in [1.807, 2.05) is 31.5 Å². The van der Waals surface area contributed by atoms with Crippen molar-refractivity contribution in [2.45, 2.75) is 78.3 Å². The molecule has 1 fully saturated rings. The summed E-state index contributed by atoms with van der Waals surface area (Å²) in [6.45, 7) is 12.6. The smallest absolute Gasteiger partial charge is 0.326 e. The van der Waals surface area contributed by atoms with Crippen LogP contribution in [0.5, 0.6) is 0 Å². The first-order chi connectivity index (χ1) is 13.0.